The summed E-state index contributed by atoms with van der Waals surface area (Å²) in [6, 6.07) is 5.30. The number of aromatic nitrogens is 1. The SMILES string of the molecule is CC[C@H]1CCCCN1c1cc(N2CCOC[C@H]2C)cc(OC(C)(C)C)n1. The monoisotopic (exact) mass is 361 g/mol. The molecule has 0 aliphatic carbocycles. The van der Waals surface area contributed by atoms with Crippen molar-refractivity contribution in [3.05, 3.63) is 12.1 Å². The Balaban J connectivity index is 1.96. The Bertz CT molecular complexity index is 599. The molecule has 0 radical (unpaired) electrons. The number of pyridine rings is 1. The number of hydrogen-bond donors (Lipinski definition) is 0. The average Bonchev–Trinajstić information content (AvgIpc) is 2.60. The zero-order valence-electron chi connectivity index (χ0n) is 17.1. The van der Waals surface area contributed by atoms with Crippen LogP contribution in [0, 0.1) is 0 Å². The van der Waals surface area contributed by atoms with Crippen LogP contribution in [0.5, 0.6) is 5.88 Å². The van der Waals surface area contributed by atoms with Crippen molar-refractivity contribution in [3.8, 4) is 5.88 Å². The first-order valence-corrected chi connectivity index (χ1v) is 10.2. The van der Waals surface area contributed by atoms with Gasteiger partial charge in [-0.3, -0.25) is 0 Å². The number of anilines is 2. The normalized spacial score (nSPS) is 24.7. The maximum absolute atomic E-state index is 6.17. The molecule has 0 N–H and O–H groups in total. The summed E-state index contributed by atoms with van der Waals surface area (Å²) in [5, 5.41) is 0. The third-order valence-electron chi connectivity index (χ3n) is 5.28. The molecule has 2 aliphatic rings. The van der Waals surface area contributed by atoms with E-state index in [-0.39, 0.29) is 5.60 Å². The molecule has 2 atom stereocenters. The molecule has 2 aliphatic heterocycles. The minimum atomic E-state index is -0.258. The van der Waals surface area contributed by atoms with E-state index in [1.54, 1.807) is 0 Å². The van der Waals surface area contributed by atoms with E-state index < -0.39 is 0 Å². The minimum absolute atomic E-state index is 0.258. The summed E-state index contributed by atoms with van der Waals surface area (Å²) in [7, 11) is 0. The lowest BCUT2D eigenvalue weighted by Crippen LogP contribution is -2.44. The van der Waals surface area contributed by atoms with E-state index in [9.17, 15) is 0 Å². The summed E-state index contributed by atoms with van der Waals surface area (Å²) >= 11 is 0. The highest BCUT2D eigenvalue weighted by atomic mass is 16.5. The molecule has 2 saturated heterocycles. The fourth-order valence-corrected chi connectivity index (χ4v) is 3.99. The zero-order valence-corrected chi connectivity index (χ0v) is 17.1. The maximum atomic E-state index is 6.17. The van der Waals surface area contributed by atoms with Crippen LogP contribution in [0.3, 0.4) is 0 Å². The predicted molar refractivity (Wildman–Crippen MR) is 108 cm³/mol. The maximum Gasteiger partial charge on any atom is 0.217 e. The molecular weight excluding hydrogens is 326 g/mol. The second kappa shape index (κ2) is 8.03. The summed E-state index contributed by atoms with van der Waals surface area (Å²) < 4.78 is 11.8. The van der Waals surface area contributed by atoms with Gasteiger partial charge in [-0.1, -0.05) is 6.92 Å². The number of hydrogen-bond acceptors (Lipinski definition) is 5. The van der Waals surface area contributed by atoms with E-state index in [4.69, 9.17) is 14.5 Å². The lowest BCUT2D eigenvalue weighted by molar-refractivity contribution is 0.0986. The highest BCUT2D eigenvalue weighted by molar-refractivity contribution is 5.59. The Morgan fingerprint density at radius 1 is 1.19 bits per heavy atom. The fourth-order valence-electron chi connectivity index (χ4n) is 3.99. The predicted octanol–water partition coefficient (Wildman–Crippen LogP) is 4.25. The Labute approximate surface area is 158 Å². The van der Waals surface area contributed by atoms with Crippen LogP contribution >= 0.6 is 0 Å². The first-order chi connectivity index (χ1) is 12.4. The summed E-state index contributed by atoms with van der Waals surface area (Å²) in [5.41, 5.74) is 0.941. The number of piperidine rings is 1. The second-order valence-electron chi connectivity index (χ2n) is 8.60. The minimum Gasteiger partial charge on any atom is -0.472 e. The van der Waals surface area contributed by atoms with Gasteiger partial charge >= 0.3 is 0 Å². The lowest BCUT2D eigenvalue weighted by atomic mass is 10.00. The standard InChI is InChI=1S/C21H35N3O2/c1-6-17-9-7-8-10-24(17)19-13-18(23-11-12-25-15-16(23)2)14-20(22-19)26-21(3,4)5/h13-14,16-17H,6-12,15H2,1-5H3/t16-,17+/m1/s1. The Hall–Kier alpha value is -1.49. The smallest absolute Gasteiger partial charge is 0.217 e. The van der Waals surface area contributed by atoms with Gasteiger partial charge in [0, 0.05) is 43.0 Å². The van der Waals surface area contributed by atoms with Crippen LogP contribution in [0.15, 0.2) is 12.1 Å². The van der Waals surface area contributed by atoms with Gasteiger partial charge in [0.05, 0.1) is 13.2 Å². The summed E-state index contributed by atoms with van der Waals surface area (Å²) in [6.07, 6.45) is 4.98. The molecule has 0 spiro atoms. The van der Waals surface area contributed by atoms with Crippen molar-refractivity contribution in [1.82, 2.24) is 4.98 Å². The molecule has 5 heteroatoms. The van der Waals surface area contributed by atoms with E-state index in [1.807, 2.05) is 0 Å². The summed E-state index contributed by atoms with van der Waals surface area (Å²) in [4.78, 5) is 9.83. The molecule has 146 valence electrons. The molecule has 3 heterocycles. The van der Waals surface area contributed by atoms with Gasteiger partial charge in [0.1, 0.15) is 11.4 Å². The van der Waals surface area contributed by atoms with Crippen molar-refractivity contribution in [3.63, 3.8) is 0 Å². The van der Waals surface area contributed by atoms with Crippen LogP contribution in [0.25, 0.3) is 0 Å². The zero-order chi connectivity index (χ0) is 18.7. The third-order valence-corrected chi connectivity index (χ3v) is 5.28. The molecule has 0 amide bonds. The van der Waals surface area contributed by atoms with Gasteiger partial charge in [-0.15, -0.1) is 0 Å². The molecule has 0 saturated carbocycles. The molecular formula is C21H35N3O2. The van der Waals surface area contributed by atoms with E-state index >= 15 is 0 Å². The van der Waals surface area contributed by atoms with Crippen LogP contribution < -0.4 is 14.5 Å². The van der Waals surface area contributed by atoms with Gasteiger partial charge in [-0.2, -0.15) is 4.98 Å². The second-order valence-corrected chi connectivity index (χ2v) is 8.60. The van der Waals surface area contributed by atoms with Gasteiger partial charge in [-0.05, 0) is 53.4 Å². The van der Waals surface area contributed by atoms with Gasteiger partial charge in [0.25, 0.3) is 0 Å². The Morgan fingerprint density at radius 2 is 2.00 bits per heavy atom. The van der Waals surface area contributed by atoms with Crippen molar-refractivity contribution >= 4 is 11.5 Å². The summed E-state index contributed by atoms with van der Waals surface area (Å²) in [6.45, 7) is 14.3. The number of rotatable bonds is 4. The Morgan fingerprint density at radius 3 is 2.69 bits per heavy atom. The lowest BCUT2D eigenvalue weighted by Gasteiger charge is -2.39. The number of morpholine rings is 1. The van der Waals surface area contributed by atoms with Gasteiger partial charge in [0.15, 0.2) is 0 Å². The molecule has 1 aromatic rings. The van der Waals surface area contributed by atoms with Crippen molar-refractivity contribution in [2.75, 3.05) is 36.1 Å². The molecule has 2 fully saturated rings. The van der Waals surface area contributed by atoms with E-state index in [0.717, 1.165) is 44.4 Å². The van der Waals surface area contributed by atoms with Gasteiger partial charge < -0.3 is 19.3 Å². The third kappa shape index (κ3) is 4.61. The quantitative estimate of drug-likeness (QED) is 0.801. The van der Waals surface area contributed by atoms with Crippen molar-refractivity contribution in [2.45, 2.75) is 78.0 Å². The van der Waals surface area contributed by atoms with E-state index in [1.165, 1.54) is 24.9 Å². The molecule has 0 bridgehead atoms. The summed E-state index contributed by atoms with van der Waals surface area (Å²) in [5.74, 6) is 1.79. The van der Waals surface area contributed by atoms with Crippen LogP contribution in [0.2, 0.25) is 0 Å². The molecule has 0 aromatic carbocycles. The molecule has 3 rings (SSSR count). The van der Waals surface area contributed by atoms with Crippen LogP contribution in [0.4, 0.5) is 11.5 Å². The van der Waals surface area contributed by atoms with E-state index in [2.05, 4.69) is 56.6 Å². The molecule has 5 nitrogen and oxygen atoms in total. The van der Waals surface area contributed by atoms with Crippen LogP contribution in [-0.4, -0.2) is 49.0 Å². The largest absolute Gasteiger partial charge is 0.472 e. The number of nitrogens with zero attached hydrogens (tertiary/aromatic N) is 3. The van der Waals surface area contributed by atoms with Crippen LogP contribution in [0.1, 0.15) is 60.3 Å². The fraction of sp³-hybridized carbons (Fsp3) is 0.762. The van der Waals surface area contributed by atoms with Crippen molar-refractivity contribution < 1.29 is 9.47 Å². The van der Waals surface area contributed by atoms with Crippen molar-refractivity contribution in [2.24, 2.45) is 0 Å². The first kappa shape index (κ1) is 19.3. The molecule has 1 aromatic heterocycles. The Kier molecular flexibility index (Phi) is 5.96. The van der Waals surface area contributed by atoms with Gasteiger partial charge in [0.2, 0.25) is 5.88 Å². The molecule has 26 heavy (non-hydrogen) atoms. The van der Waals surface area contributed by atoms with Gasteiger partial charge in [-0.25, -0.2) is 0 Å². The first-order valence-electron chi connectivity index (χ1n) is 10.2. The molecule has 0 unspecified atom stereocenters. The van der Waals surface area contributed by atoms with E-state index in [0.29, 0.717) is 12.1 Å². The number of ether oxygens (including phenoxy) is 2. The topological polar surface area (TPSA) is 37.8 Å². The van der Waals surface area contributed by atoms with Crippen molar-refractivity contribution in [1.29, 1.82) is 0 Å². The average molecular weight is 362 g/mol. The van der Waals surface area contributed by atoms with Crippen LogP contribution in [-0.2, 0) is 4.74 Å². The highest BCUT2D eigenvalue weighted by Gasteiger charge is 2.26. The highest BCUT2D eigenvalue weighted by Crippen LogP contribution is 2.33.